The maximum atomic E-state index is 13.0. The minimum atomic E-state index is -0.389. The molecule has 0 atom stereocenters. The van der Waals surface area contributed by atoms with Crippen molar-refractivity contribution in [2.45, 2.75) is 77.0 Å². The highest BCUT2D eigenvalue weighted by molar-refractivity contribution is 6.06. The van der Waals surface area contributed by atoms with Crippen LogP contribution in [0.1, 0.15) is 119 Å². The normalized spacial score (nSPS) is 10.8. The minimum absolute atomic E-state index is 0.127. The number of nitrogens with two attached hydrogens (primary N) is 4. The molecule has 14 N–H and O–H groups in total. The fourth-order valence-corrected chi connectivity index (χ4v) is 6.73. The van der Waals surface area contributed by atoms with Crippen molar-refractivity contribution in [1.82, 2.24) is 28.9 Å². The van der Waals surface area contributed by atoms with Crippen molar-refractivity contribution in [2.24, 2.45) is 39.7 Å². The van der Waals surface area contributed by atoms with E-state index in [0.717, 1.165) is 51.4 Å². The summed E-state index contributed by atoms with van der Waals surface area (Å²) in [6.45, 7) is 0.586. The molecule has 20 nitrogen and oxygen atoms in total. The average molecular weight is 859 g/mol. The van der Waals surface area contributed by atoms with Crippen LogP contribution in [-0.4, -0.2) is 78.5 Å². The van der Waals surface area contributed by atoms with Gasteiger partial charge in [-0.3, -0.25) is 51.1 Å². The SMILES string of the molecule is Cn1cc(NC(=O)c2cc(NC(=O)CCCCCCCCCCC(=O)Nc3cc(C(=O)Nc4cc(C(=O)NCCC(N)=[NH2+])n(C)c4)n(C)c3)cn2C)cc1C(=O)NCCC(N)=[NH2+]. The van der Waals surface area contributed by atoms with E-state index in [0.29, 0.717) is 84.3 Å². The number of hydrogen-bond acceptors (Lipinski definition) is 6. The molecule has 0 aromatic carbocycles. The zero-order valence-corrected chi connectivity index (χ0v) is 36.1. The third kappa shape index (κ3) is 14.9. The number of carbonyl (C=O) groups is 6. The zero-order valence-electron chi connectivity index (χ0n) is 36.1. The van der Waals surface area contributed by atoms with Crippen LogP contribution in [0.5, 0.6) is 0 Å². The molecule has 0 spiro atoms. The van der Waals surface area contributed by atoms with Gasteiger partial charge in [-0.2, -0.15) is 0 Å². The van der Waals surface area contributed by atoms with Gasteiger partial charge in [0, 0.05) is 78.9 Å². The van der Waals surface area contributed by atoms with Gasteiger partial charge in [-0.05, 0) is 37.1 Å². The Hall–Kier alpha value is -7.12. The molecular weight excluding hydrogens is 797 g/mol. The number of anilines is 4. The molecule has 0 fully saturated rings. The maximum Gasteiger partial charge on any atom is 0.272 e. The van der Waals surface area contributed by atoms with Gasteiger partial charge >= 0.3 is 0 Å². The van der Waals surface area contributed by atoms with Crippen LogP contribution < -0.4 is 54.2 Å². The van der Waals surface area contributed by atoms with Crippen LogP contribution in [0.15, 0.2) is 49.1 Å². The van der Waals surface area contributed by atoms with E-state index in [1.54, 1.807) is 95.5 Å². The van der Waals surface area contributed by atoms with Gasteiger partial charge < -0.3 is 50.2 Å². The molecule has 0 saturated heterocycles. The predicted octanol–water partition coefficient (Wildman–Crippen LogP) is 0.496. The molecule has 4 aromatic rings. The molecule has 334 valence electrons. The van der Waals surface area contributed by atoms with E-state index in [4.69, 9.17) is 22.3 Å². The second-order valence-electron chi connectivity index (χ2n) is 15.4. The van der Waals surface area contributed by atoms with Crippen molar-refractivity contribution in [3.05, 3.63) is 71.8 Å². The molecule has 0 aliphatic heterocycles. The molecule has 4 heterocycles. The Morgan fingerprint density at radius 3 is 1.02 bits per heavy atom. The molecular formula is C42H62N14O6+2. The molecule has 0 aliphatic rings. The lowest BCUT2D eigenvalue weighted by molar-refractivity contribution is -0.118. The van der Waals surface area contributed by atoms with Crippen molar-refractivity contribution in [3.63, 3.8) is 0 Å². The number of unbranched alkanes of at least 4 members (excludes halogenated alkanes) is 7. The Balaban J connectivity index is 1.06. The van der Waals surface area contributed by atoms with Crippen molar-refractivity contribution < 1.29 is 39.6 Å². The smallest absolute Gasteiger partial charge is 0.272 e. The fourth-order valence-electron chi connectivity index (χ4n) is 6.73. The summed E-state index contributed by atoms with van der Waals surface area (Å²) in [5, 5.41) is 27.7. The van der Waals surface area contributed by atoms with Gasteiger partial charge in [0.1, 0.15) is 22.8 Å². The Kier molecular flexibility index (Phi) is 17.7. The van der Waals surface area contributed by atoms with Crippen molar-refractivity contribution in [2.75, 3.05) is 34.4 Å². The van der Waals surface area contributed by atoms with E-state index in [2.05, 4.69) is 31.9 Å². The van der Waals surface area contributed by atoms with Gasteiger partial charge in [0.05, 0.1) is 35.6 Å². The highest BCUT2D eigenvalue weighted by Crippen LogP contribution is 2.20. The molecule has 0 radical (unpaired) electrons. The van der Waals surface area contributed by atoms with Crippen LogP contribution >= 0.6 is 0 Å². The quantitative estimate of drug-likeness (QED) is 0.0254. The van der Waals surface area contributed by atoms with Gasteiger partial charge in [-0.25, -0.2) is 0 Å². The monoisotopic (exact) mass is 858 g/mol. The zero-order chi connectivity index (χ0) is 45.3. The Morgan fingerprint density at radius 2 is 0.710 bits per heavy atom. The fraction of sp³-hybridized carbons (Fsp3) is 0.429. The predicted molar refractivity (Wildman–Crippen MR) is 237 cm³/mol. The van der Waals surface area contributed by atoms with Gasteiger partial charge in [-0.15, -0.1) is 0 Å². The number of hydrogen-bond donors (Lipinski definition) is 10. The van der Waals surface area contributed by atoms with Crippen LogP contribution in [0, 0.1) is 0 Å². The molecule has 0 unspecified atom stereocenters. The largest absolute Gasteiger partial charge is 0.350 e. The lowest BCUT2D eigenvalue weighted by Gasteiger charge is -2.04. The summed E-state index contributed by atoms with van der Waals surface area (Å²) in [4.78, 5) is 76.3. The number of amidine groups is 2. The number of amides is 6. The Bertz CT molecular complexity index is 2100. The van der Waals surface area contributed by atoms with Gasteiger partial charge in [0.15, 0.2) is 0 Å². The van der Waals surface area contributed by atoms with Crippen LogP contribution in [0.4, 0.5) is 22.7 Å². The highest BCUT2D eigenvalue weighted by Gasteiger charge is 2.19. The van der Waals surface area contributed by atoms with Crippen LogP contribution in [0.2, 0.25) is 0 Å². The van der Waals surface area contributed by atoms with E-state index in [-0.39, 0.29) is 47.1 Å². The number of rotatable bonds is 25. The summed E-state index contributed by atoms with van der Waals surface area (Å²) in [5.41, 5.74) is 14.2. The van der Waals surface area contributed by atoms with Gasteiger partial charge in [0.25, 0.3) is 23.6 Å². The summed E-state index contributed by atoms with van der Waals surface area (Å²) in [6.07, 6.45) is 15.5. The molecule has 0 saturated carbocycles. The number of carbonyl (C=O) groups excluding carboxylic acids is 6. The van der Waals surface area contributed by atoms with E-state index < -0.39 is 0 Å². The van der Waals surface area contributed by atoms with Crippen LogP contribution in [-0.2, 0) is 37.8 Å². The topological polar surface area (TPSA) is 298 Å². The van der Waals surface area contributed by atoms with E-state index >= 15 is 0 Å². The number of aryl methyl sites for hydroxylation is 4. The van der Waals surface area contributed by atoms with Crippen LogP contribution in [0.3, 0.4) is 0 Å². The van der Waals surface area contributed by atoms with E-state index in [9.17, 15) is 28.8 Å². The summed E-state index contributed by atoms with van der Waals surface area (Å²) >= 11 is 0. The first-order chi connectivity index (χ1) is 29.5. The highest BCUT2D eigenvalue weighted by atomic mass is 16.2. The number of nitrogens with zero attached hydrogens (tertiary/aromatic N) is 4. The van der Waals surface area contributed by atoms with E-state index in [1.165, 1.54) is 0 Å². The number of aromatic nitrogens is 4. The second-order valence-corrected chi connectivity index (χ2v) is 15.4. The van der Waals surface area contributed by atoms with Crippen molar-refractivity contribution in [1.29, 1.82) is 0 Å². The molecule has 0 aliphatic carbocycles. The van der Waals surface area contributed by atoms with Crippen molar-refractivity contribution in [3.8, 4) is 0 Å². The summed E-state index contributed by atoms with van der Waals surface area (Å²) < 4.78 is 6.46. The molecule has 20 heteroatoms. The molecule has 4 rings (SSSR count). The average Bonchev–Trinajstić information content (AvgIpc) is 3.96. The van der Waals surface area contributed by atoms with Crippen molar-refractivity contribution >= 4 is 69.9 Å². The Labute approximate surface area is 360 Å². The first-order valence-corrected chi connectivity index (χ1v) is 20.7. The molecule has 0 bridgehead atoms. The third-order valence-corrected chi connectivity index (χ3v) is 9.99. The van der Waals surface area contributed by atoms with Gasteiger partial charge in [0.2, 0.25) is 23.5 Å². The maximum absolute atomic E-state index is 13.0. The molecule has 4 aromatic heterocycles. The first-order valence-electron chi connectivity index (χ1n) is 20.7. The molecule has 62 heavy (non-hydrogen) atoms. The lowest BCUT2D eigenvalue weighted by Crippen LogP contribution is -2.47. The summed E-state index contributed by atoms with van der Waals surface area (Å²) in [5.74, 6) is -1.22. The minimum Gasteiger partial charge on any atom is -0.350 e. The summed E-state index contributed by atoms with van der Waals surface area (Å²) in [6, 6.07) is 6.36. The standard InChI is InChI=1S/C42H60N14O6/c1-53-25-29(21-31(53)39(59)47-17-15-35(43)44)51-41(61)33-19-27(23-55(33)3)49-37(57)13-11-9-7-5-6-8-10-12-14-38(58)50-28-20-34(56(4)24-28)42(62)52-30-22-32(54(2)26-30)40(60)48-18-16-36(45)46/h19-26H,5-18H2,1-4H3,(H3,43,44)(H3,45,46)(H,47,59)(H,48,60)(H,49,57)(H,50,58)(H,51,61)(H,52,62)/p+2. The third-order valence-electron chi connectivity index (χ3n) is 9.99. The lowest BCUT2D eigenvalue weighted by atomic mass is 10.1. The number of nitrogens with one attached hydrogen (secondary N) is 6. The second kappa shape index (κ2) is 23.0. The first kappa shape index (κ1) is 47.6. The molecule has 6 amide bonds. The summed E-state index contributed by atoms with van der Waals surface area (Å²) in [7, 11) is 6.82. The van der Waals surface area contributed by atoms with E-state index in [1.807, 2.05) is 0 Å². The Morgan fingerprint density at radius 1 is 0.435 bits per heavy atom. The van der Waals surface area contributed by atoms with Gasteiger partial charge in [-0.1, -0.05) is 38.5 Å². The van der Waals surface area contributed by atoms with Crippen LogP contribution in [0.25, 0.3) is 0 Å².